The van der Waals surface area contributed by atoms with Crippen LogP contribution in [-0.4, -0.2) is 33.5 Å². The number of rotatable bonds is 7. The monoisotopic (exact) mass is 456 g/mol. The molecule has 0 aliphatic heterocycles. The second kappa shape index (κ2) is 10.4. The van der Waals surface area contributed by atoms with Crippen molar-refractivity contribution in [1.29, 1.82) is 0 Å². The zero-order chi connectivity index (χ0) is 17.8. The van der Waals surface area contributed by atoms with Crippen LogP contribution >= 0.6 is 47.8 Å². The topological polar surface area (TPSA) is 81.4 Å². The number of nitrogens with one attached hydrogen (secondary N) is 4. The van der Waals surface area contributed by atoms with E-state index in [1.165, 1.54) is 4.88 Å². The first-order valence-electron chi connectivity index (χ1n) is 8.16. The van der Waals surface area contributed by atoms with Crippen molar-refractivity contribution >= 4 is 59.4 Å². The molecule has 28 heavy (non-hydrogen) atoms. The van der Waals surface area contributed by atoms with Gasteiger partial charge < -0.3 is 10.6 Å². The van der Waals surface area contributed by atoms with Gasteiger partial charge in [0.05, 0.1) is 16.3 Å². The second-order valence-corrected chi connectivity index (χ2v) is 7.06. The van der Waals surface area contributed by atoms with E-state index in [0.29, 0.717) is 0 Å². The summed E-state index contributed by atoms with van der Waals surface area (Å²) in [5.74, 6) is 1.64. The zero-order valence-electron chi connectivity index (χ0n) is 14.6. The van der Waals surface area contributed by atoms with Gasteiger partial charge in [-0.25, -0.2) is 0 Å². The highest BCUT2D eigenvalue weighted by atomic mass is 35.5. The van der Waals surface area contributed by atoms with E-state index in [4.69, 9.17) is 11.6 Å². The summed E-state index contributed by atoms with van der Waals surface area (Å²) < 4.78 is 0. The van der Waals surface area contributed by atoms with Crippen molar-refractivity contribution in [3.63, 3.8) is 0 Å². The Kier molecular flexibility index (Phi) is 8.19. The molecule has 0 amide bonds. The Morgan fingerprint density at radius 3 is 2.07 bits per heavy atom. The molecule has 4 rings (SSSR count). The Bertz CT molecular complexity index is 966. The van der Waals surface area contributed by atoms with Gasteiger partial charge in [0.2, 0.25) is 0 Å². The fourth-order valence-corrected chi connectivity index (χ4v) is 3.36. The van der Waals surface area contributed by atoms with Crippen LogP contribution in [0.15, 0.2) is 53.9 Å². The van der Waals surface area contributed by atoms with Crippen molar-refractivity contribution in [2.24, 2.45) is 0 Å². The Morgan fingerprint density at radius 2 is 1.46 bits per heavy atom. The maximum absolute atomic E-state index is 5.92. The van der Waals surface area contributed by atoms with E-state index in [1.807, 2.05) is 42.5 Å². The average molecular weight is 458 g/mol. The Labute approximate surface area is 183 Å². The molecule has 0 bridgehead atoms. The summed E-state index contributed by atoms with van der Waals surface area (Å²) in [6.07, 6.45) is 0. The van der Waals surface area contributed by atoms with Crippen LogP contribution in [0.3, 0.4) is 0 Å². The highest BCUT2D eigenvalue weighted by Crippen LogP contribution is 2.24. The number of anilines is 2. The molecule has 0 radical (unpaired) electrons. The number of hydrogen-bond acceptors (Lipinski definition) is 5. The third-order valence-corrected chi connectivity index (χ3v) is 4.99. The van der Waals surface area contributed by atoms with Crippen molar-refractivity contribution < 1.29 is 0 Å². The van der Waals surface area contributed by atoms with Crippen LogP contribution in [0.2, 0.25) is 5.02 Å². The van der Waals surface area contributed by atoms with Crippen molar-refractivity contribution in [1.82, 2.24) is 20.4 Å². The van der Waals surface area contributed by atoms with Gasteiger partial charge in [-0.05, 0) is 29.1 Å². The van der Waals surface area contributed by atoms with Crippen molar-refractivity contribution in [3.05, 3.63) is 58.9 Å². The number of benzene rings is 1. The molecule has 4 N–H and O–H groups in total. The number of thiophene rings is 1. The first-order chi connectivity index (χ1) is 12.8. The third kappa shape index (κ3) is 5.42. The first kappa shape index (κ1) is 22.1. The summed E-state index contributed by atoms with van der Waals surface area (Å²) in [7, 11) is 0. The summed E-state index contributed by atoms with van der Waals surface area (Å²) in [6, 6.07) is 15.7. The van der Waals surface area contributed by atoms with E-state index in [2.05, 4.69) is 42.5 Å². The molecule has 6 nitrogen and oxygen atoms in total. The molecule has 10 heteroatoms. The number of H-pyrrole nitrogens is 2. The van der Waals surface area contributed by atoms with Crippen molar-refractivity contribution in [3.8, 4) is 21.8 Å². The molecule has 3 heterocycles. The van der Waals surface area contributed by atoms with Gasteiger partial charge in [-0.2, -0.15) is 10.2 Å². The normalized spacial score (nSPS) is 10.0. The summed E-state index contributed by atoms with van der Waals surface area (Å²) >= 11 is 7.60. The standard InChI is InChI=1S/C18H17ClN6S.2ClH/c19-13-5-3-12(4-6-13)14-10-17(24-22-14)20-7-8-21-18-11-15(23-25-18)16-2-1-9-26-16;;/h1-6,9-11H,7-8H2,(H2,20,22,24)(H2,21,23,25);2*1H. The number of aromatic nitrogens is 4. The summed E-state index contributed by atoms with van der Waals surface area (Å²) in [5.41, 5.74) is 3.02. The lowest BCUT2D eigenvalue weighted by molar-refractivity contribution is 1.01. The molecule has 0 unspecified atom stereocenters. The number of halogens is 3. The van der Waals surface area contributed by atoms with Crippen molar-refractivity contribution in [2.75, 3.05) is 23.7 Å². The quantitative estimate of drug-likeness (QED) is 0.274. The van der Waals surface area contributed by atoms with E-state index >= 15 is 0 Å². The molecule has 148 valence electrons. The SMILES string of the molecule is Cl.Cl.Clc1ccc(-c2cc(NCCNc3cc(-c4cccs4)[nH]n3)n[nH]2)cc1. The minimum absolute atomic E-state index is 0. The maximum atomic E-state index is 5.92. The average Bonchev–Trinajstić information content (AvgIpc) is 3.40. The molecule has 0 saturated heterocycles. The third-order valence-electron chi connectivity index (χ3n) is 3.83. The van der Waals surface area contributed by atoms with Gasteiger partial charge in [-0.1, -0.05) is 29.8 Å². The van der Waals surface area contributed by atoms with Crippen LogP contribution in [0.1, 0.15) is 0 Å². The van der Waals surface area contributed by atoms with Gasteiger partial charge in [-0.3, -0.25) is 10.2 Å². The van der Waals surface area contributed by atoms with Crippen LogP contribution < -0.4 is 10.6 Å². The fourth-order valence-electron chi connectivity index (χ4n) is 2.54. The second-order valence-electron chi connectivity index (χ2n) is 5.67. The van der Waals surface area contributed by atoms with Gasteiger partial charge in [0.1, 0.15) is 11.6 Å². The fraction of sp³-hybridized carbons (Fsp3) is 0.111. The van der Waals surface area contributed by atoms with E-state index in [9.17, 15) is 0 Å². The van der Waals surface area contributed by atoms with Crippen LogP contribution in [-0.2, 0) is 0 Å². The van der Waals surface area contributed by atoms with Crippen molar-refractivity contribution in [2.45, 2.75) is 0 Å². The lowest BCUT2D eigenvalue weighted by Gasteiger charge is -2.03. The Balaban J connectivity index is 0.00000140. The van der Waals surface area contributed by atoms with E-state index in [-0.39, 0.29) is 24.8 Å². The molecule has 0 saturated carbocycles. The molecule has 0 aliphatic rings. The maximum Gasteiger partial charge on any atom is 0.148 e. The van der Waals surface area contributed by atoms with Gasteiger partial charge in [0.25, 0.3) is 0 Å². The summed E-state index contributed by atoms with van der Waals surface area (Å²) in [5, 5.41) is 24.0. The molecular formula is C18H19Cl3N6S. The van der Waals surface area contributed by atoms with Gasteiger partial charge in [0, 0.05) is 30.2 Å². The molecule has 0 spiro atoms. The van der Waals surface area contributed by atoms with Crippen LogP contribution in [0.5, 0.6) is 0 Å². The molecule has 1 aromatic carbocycles. The summed E-state index contributed by atoms with van der Waals surface area (Å²) in [6.45, 7) is 1.46. The lowest BCUT2D eigenvalue weighted by Crippen LogP contribution is -2.13. The smallest absolute Gasteiger partial charge is 0.148 e. The van der Waals surface area contributed by atoms with Crippen LogP contribution in [0.25, 0.3) is 21.8 Å². The Morgan fingerprint density at radius 1 is 0.857 bits per heavy atom. The Hall–Kier alpha value is -2.19. The minimum Gasteiger partial charge on any atom is -0.367 e. The van der Waals surface area contributed by atoms with Gasteiger partial charge >= 0.3 is 0 Å². The number of hydrogen-bond donors (Lipinski definition) is 4. The van der Waals surface area contributed by atoms with Gasteiger partial charge in [-0.15, -0.1) is 36.2 Å². The van der Waals surface area contributed by atoms with Crippen LogP contribution in [0, 0.1) is 0 Å². The molecule has 0 aliphatic carbocycles. The minimum atomic E-state index is 0. The van der Waals surface area contributed by atoms with E-state index in [0.717, 1.165) is 46.7 Å². The predicted molar refractivity (Wildman–Crippen MR) is 122 cm³/mol. The highest BCUT2D eigenvalue weighted by molar-refractivity contribution is 7.13. The molecule has 0 atom stereocenters. The lowest BCUT2D eigenvalue weighted by atomic mass is 10.1. The van der Waals surface area contributed by atoms with E-state index in [1.54, 1.807) is 11.3 Å². The highest BCUT2D eigenvalue weighted by Gasteiger charge is 2.05. The number of aromatic amines is 2. The predicted octanol–water partition coefficient (Wildman–Crippen LogP) is 5.55. The first-order valence-corrected chi connectivity index (χ1v) is 9.42. The summed E-state index contributed by atoms with van der Waals surface area (Å²) in [4.78, 5) is 1.18. The van der Waals surface area contributed by atoms with Crippen LogP contribution in [0.4, 0.5) is 11.6 Å². The molecule has 3 aromatic heterocycles. The van der Waals surface area contributed by atoms with Gasteiger partial charge in [0.15, 0.2) is 0 Å². The molecular weight excluding hydrogens is 439 g/mol. The molecule has 4 aromatic rings. The number of nitrogens with zero attached hydrogens (tertiary/aromatic N) is 2. The zero-order valence-corrected chi connectivity index (χ0v) is 17.8. The largest absolute Gasteiger partial charge is 0.367 e. The van der Waals surface area contributed by atoms with E-state index < -0.39 is 0 Å². The molecule has 0 fully saturated rings.